The van der Waals surface area contributed by atoms with Crippen LogP contribution in [0.1, 0.15) is 25.5 Å². The van der Waals surface area contributed by atoms with Crippen molar-refractivity contribution in [1.29, 1.82) is 0 Å². The first kappa shape index (κ1) is 24.8. The Morgan fingerprint density at radius 1 is 1.24 bits per heavy atom. The van der Waals surface area contributed by atoms with Crippen LogP contribution < -0.4 is 5.32 Å². The first-order valence-electron chi connectivity index (χ1n) is 12.0. The number of anilines is 1. The molecule has 11 nitrogen and oxygen atoms in total. The summed E-state index contributed by atoms with van der Waals surface area (Å²) in [5.74, 6) is -0.521. The molecule has 1 saturated heterocycles. The number of aromatic nitrogens is 4. The fourth-order valence-electron chi connectivity index (χ4n) is 4.05. The fourth-order valence-corrected chi connectivity index (χ4v) is 4.05. The van der Waals surface area contributed by atoms with Crippen molar-refractivity contribution in [2.24, 2.45) is 10.4 Å². The van der Waals surface area contributed by atoms with Crippen molar-refractivity contribution in [3.8, 4) is 22.6 Å². The van der Waals surface area contributed by atoms with Crippen LogP contribution in [0.3, 0.4) is 0 Å². The number of ether oxygens (including phenoxy) is 2. The zero-order chi connectivity index (χ0) is 25.8. The number of carboxylic acid groups (broad SMARTS) is 1. The predicted molar refractivity (Wildman–Crippen MR) is 133 cm³/mol. The van der Waals surface area contributed by atoms with Crippen molar-refractivity contribution in [1.82, 2.24) is 24.8 Å². The van der Waals surface area contributed by atoms with Crippen LogP contribution in [-0.4, -0.2) is 81.6 Å². The number of halogens is 1. The Kier molecular flexibility index (Phi) is 7.10. The number of aromatic amines is 1. The zero-order valence-corrected chi connectivity index (χ0v) is 20.4. The fraction of sp³-hybridized carbons (Fsp3) is 0.400. The monoisotopic (exact) mass is 509 g/mol. The lowest BCUT2D eigenvalue weighted by Crippen LogP contribution is -2.42. The average Bonchev–Trinajstić information content (AvgIpc) is 3.58. The van der Waals surface area contributed by atoms with Crippen LogP contribution in [0.5, 0.6) is 0 Å². The number of aliphatic imine (C=N–C) groups is 1. The van der Waals surface area contributed by atoms with Gasteiger partial charge in [0.15, 0.2) is 5.82 Å². The molecule has 3 N–H and O–H groups in total. The first-order valence-corrected chi connectivity index (χ1v) is 12.0. The quantitative estimate of drug-likeness (QED) is 0.372. The van der Waals surface area contributed by atoms with Gasteiger partial charge in [0, 0.05) is 31.4 Å². The van der Waals surface area contributed by atoms with Crippen molar-refractivity contribution in [3.63, 3.8) is 0 Å². The van der Waals surface area contributed by atoms with E-state index in [-0.39, 0.29) is 19.0 Å². The van der Waals surface area contributed by atoms with Crippen LogP contribution >= 0.6 is 0 Å². The summed E-state index contributed by atoms with van der Waals surface area (Å²) in [5.41, 5.74) is 1.23. The lowest BCUT2D eigenvalue weighted by molar-refractivity contribution is -0.236. The number of imidazole rings is 1. The third kappa shape index (κ3) is 5.59. The van der Waals surface area contributed by atoms with Crippen molar-refractivity contribution in [2.75, 3.05) is 44.7 Å². The van der Waals surface area contributed by atoms with Crippen molar-refractivity contribution < 1.29 is 23.8 Å². The van der Waals surface area contributed by atoms with Gasteiger partial charge < -0.3 is 29.8 Å². The highest BCUT2D eigenvalue weighted by atomic mass is 19.1. The van der Waals surface area contributed by atoms with Crippen molar-refractivity contribution >= 4 is 18.3 Å². The van der Waals surface area contributed by atoms with Crippen LogP contribution in [0.4, 0.5) is 10.3 Å². The van der Waals surface area contributed by atoms with Gasteiger partial charge in [-0.2, -0.15) is 0 Å². The van der Waals surface area contributed by atoms with Crippen LogP contribution in [0.25, 0.3) is 22.6 Å². The van der Waals surface area contributed by atoms with Gasteiger partial charge in [-0.1, -0.05) is 0 Å². The van der Waals surface area contributed by atoms with E-state index >= 15 is 0 Å². The minimum atomic E-state index is -1.14. The van der Waals surface area contributed by atoms with Gasteiger partial charge in [-0.05, 0) is 43.7 Å². The summed E-state index contributed by atoms with van der Waals surface area (Å²) in [5, 5.41) is 12.7. The molecule has 0 saturated carbocycles. The van der Waals surface area contributed by atoms with E-state index in [1.807, 2.05) is 6.34 Å². The summed E-state index contributed by atoms with van der Waals surface area (Å²) in [4.78, 5) is 34.8. The molecule has 0 bridgehead atoms. The van der Waals surface area contributed by atoms with Gasteiger partial charge in [-0.25, -0.2) is 19.3 Å². The highest BCUT2D eigenvalue weighted by molar-refractivity contribution is 5.77. The minimum absolute atomic E-state index is 0.0280. The van der Waals surface area contributed by atoms with E-state index in [1.165, 1.54) is 12.1 Å². The highest BCUT2D eigenvalue weighted by Crippen LogP contribution is 2.35. The van der Waals surface area contributed by atoms with E-state index in [4.69, 9.17) is 9.47 Å². The second kappa shape index (κ2) is 10.6. The Hall–Kier alpha value is -3.90. The van der Waals surface area contributed by atoms with Crippen LogP contribution in [0.15, 0.2) is 41.5 Å². The summed E-state index contributed by atoms with van der Waals surface area (Å²) >= 11 is 0. The molecule has 5 rings (SSSR count). The molecule has 1 aromatic carbocycles. The SMILES string of the molecule is CC1(C(=O)O)COC(c2nc(-c3ccc(F)cc3)c(-c3ccnc(NCCCN4C=NCC4)n3)[nH]2)OC1. The molecule has 0 radical (unpaired) electrons. The number of H-pyrrole nitrogens is 1. The Morgan fingerprint density at radius 3 is 2.73 bits per heavy atom. The number of hydrogen-bond acceptors (Lipinski definition) is 9. The molecular weight excluding hydrogens is 481 g/mol. The Morgan fingerprint density at radius 2 is 2.03 bits per heavy atom. The van der Waals surface area contributed by atoms with E-state index in [1.54, 1.807) is 31.3 Å². The van der Waals surface area contributed by atoms with Gasteiger partial charge >= 0.3 is 5.97 Å². The van der Waals surface area contributed by atoms with E-state index in [2.05, 4.69) is 35.1 Å². The van der Waals surface area contributed by atoms with E-state index in [0.29, 0.717) is 41.0 Å². The molecule has 194 valence electrons. The molecule has 0 spiro atoms. The minimum Gasteiger partial charge on any atom is -0.481 e. The van der Waals surface area contributed by atoms with E-state index < -0.39 is 17.7 Å². The Bertz CT molecular complexity index is 1270. The molecule has 4 heterocycles. The normalized spacial score (nSPS) is 21.4. The second-order valence-corrected chi connectivity index (χ2v) is 9.28. The van der Waals surface area contributed by atoms with Gasteiger partial charge in [-0.3, -0.25) is 9.79 Å². The molecule has 0 atom stereocenters. The number of nitrogens with zero attached hydrogens (tertiary/aromatic N) is 5. The number of hydrogen-bond donors (Lipinski definition) is 3. The van der Waals surface area contributed by atoms with E-state index in [9.17, 15) is 14.3 Å². The largest absolute Gasteiger partial charge is 0.481 e. The Labute approximate surface area is 212 Å². The van der Waals surface area contributed by atoms with Crippen LogP contribution in [0, 0.1) is 11.2 Å². The number of benzene rings is 1. The van der Waals surface area contributed by atoms with Crippen molar-refractivity contribution in [3.05, 3.63) is 48.2 Å². The van der Waals surface area contributed by atoms with Gasteiger partial charge in [0.05, 0.1) is 43.2 Å². The summed E-state index contributed by atoms with van der Waals surface area (Å²) in [6.07, 6.45) is 3.55. The standard InChI is InChI=1S/C25H28FN7O4/c1-25(23(34)35)13-36-22(37-14-25)21-31-19(16-3-5-17(26)6-4-16)20(32-21)18-7-9-29-24(30-18)28-8-2-11-33-12-10-27-15-33/h3-7,9,15,22H,2,8,10-14H2,1H3,(H,31,32)(H,34,35)(H,28,29,30). The first-order chi connectivity index (χ1) is 17.9. The molecule has 3 aromatic rings. The maximum atomic E-state index is 13.6. The van der Waals surface area contributed by atoms with Gasteiger partial charge in [0.1, 0.15) is 11.2 Å². The number of carbonyl (C=O) groups is 1. The molecule has 0 unspecified atom stereocenters. The predicted octanol–water partition coefficient (Wildman–Crippen LogP) is 2.96. The number of rotatable bonds is 9. The van der Waals surface area contributed by atoms with Gasteiger partial charge in [-0.15, -0.1) is 0 Å². The third-order valence-corrected chi connectivity index (χ3v) is 6.26. The van der Waals surface area contributed by atoms with E-state index in [0.717, 1.165) is 26.1 Å². The molecular formula is C25H28FN7O4. The topological polar surface area (TPSA) is 138 Å². The molecule has 12 heteroatoms. The van der Waals surface area contributed by atoms with Gasteiger partial charge in [0.2, 0.25) is 12.2 Å². The zero-order valence-electron chi connectivity index (χ0n) is 20.4. The molecule has 37 heavy (non-hydrogen) atoms. The maximum Gasteiger partial charge on any atom is 0.314 e. The van der Waals surface area contributed by atoms with Crippen molar-refractivity contribution in [2.45, 2.75) is 19.6 Å². The van der Waals surface area contributed by atoms with Gasteiger partial charge in [0.25, 0.3) is 0 Å². The number of nitrogens with one attached hydrogen (secondary N) is 2. The summed E-state index contributed by atoms with van der Waals surface area (Å²) < 4.78 is 25.0. The maximum absolute atomic E-state index is 13.6. The molecule has 1 fully saturated rings. The summed E-state index contributed by atoms with van der Waals surface area (Å²) in [7, 11) is 0. The molecule has 2 aromatic heterocycles. The smallest absolute Gasteiger partial charge is 0.314 e. The summed E-state index contributed by atoms with van der Waals surface area (Å²) in [6, 6.07) is 7.73. The molecule has 2 aliphatic rings. The lowest BCUT2D eigenvalue weighted by atomic mass is 9.92. The average molecular weight is 510 g/mol. The number of carboxylic acids is 1. The highest BCUT2D eigenvalue weighted by Gasteiger charge is 2.41. The second-order valence-electron chi connectivity index (χ2n) is 9.28. The van der Waals surface area contributed by atoms with Crippen LogP contribution in [-0.2, 0) is 14.3 Å². The molecule has 0 aliphatic carbocycles. The molecule has 0 amide bonds. The lowest BCUT2D eigenvalue weighted by Gasteiger charge is -2.33. The summed E-state index contributed by atoms with van der Waals surface area (Å²) in [6.45, 7) is 4.90. The Balaban J connectivity index is 1.37. The van der Waals surface area contributed by atoms with Crippen LogP contribution in [0.2, 0.25) is 0 Å². The third-order valence-electron chi connectivity index (χ3n) is 6.26. The number of aliphatic carboxylic acids is 1. The molecule has 2 aliphatic heterocycles.